The molecule has 0 spiro atoms. The molecule has 0 amide bonds. The van der Waals surface area contributed by atoms with Crippen LogP contribution in [0, 0.1) is 45.4 Å². The van der Waals surface area contributed by atoms with Crippen molar-refractivity contribution < 1.29 is 38.9 Å². The molecule has 0 unspecified atom stereocenters. The Morgan fingerprint density at radius 2 is 0.625 bits per heavy atom. The molecule has 203 valence electrons. The molecule has 0 N–H and O–H groups in total. The van der Waals surface area contributed by atoms with E-state index in [2.05, 4.69) is 140 Å². The molecule has 1 aliphatic rings. The van der Waals surface area contributed by atoms with E-state index in [1.165, 1.54) is 21.2 Å². The number of rotatable bonds is 6. The van der Waals surface area contributed by atoms with Crippen LogP contribution in [-0.4, -0.2) is 0 Å². The van der Waals surface area contributed by atoms with Crippen LogP contribution in [0.25, 0.3) is 0 Å². The maximum atomic E-state index is 9.58. The van der Waals surface area contributed by atoms with E-state index >= 15 is 0 Å². The van der Waals surface area contributed by atoms with Crippen molar-refractivity contribution in [2.75, 3.05) is 0 Å². The Balaban J connectivity index is 0.000000567. The minimum absolute atomic E-state index is 0. The summed E-state index contributed by atoms with van der Waals surface area (Å²) in [6.45, 7) is 1.42. The van der Waals surface area contributed by atoms with E-state index in [0.29, 0.717) is 0 Å². The third kappa shape index (κ3) is 13.9. The molecule has 0 bridgehead atoms. The monoisotopic (exact) mass is 656 g/mol. The maximum absolute atomic E-state index is 9.58. The second-order valence-corrected chi connectivity index (χ2v) is 11.7. The van der Waals surface area contributed by atoms with Gasteiger partial charge in [0.05, 0.1) is 0 Å². The van der Waals surface area contributed by atoms with Crippen LogP contribution in [0.3, 0.4) is 0 Å². The van der Waals surface area contributed by atoms with Crippen molar-refractivity contribution in [2.45, 2.75) is 0 Å². The fourth-order valence-corrected chi connectivity index (χ4v) is 7.78. The van der Waals surface area contributed by atoms with E-state index in [-0.39, 0.29) is 21.1 Å². The van der Waals surface area contributed by atoms with Gasteiger partial charge in [0.2, 0.25) is 0 Å². The van der Waals surface area contributed by atoms with E-state index in [1.54, 1.807) is 0 Å². The fourth-order valence-electron chi connectivity index (χ4n) is 3.45. The second kappa shape index (κ2) is 22.4. The van der Waals surface area contributed by atoms with Gasteiger partial charge in [-0.2, -0.15) is 0 Å². The van der Waals surface area contributed by atoms with Crippen molar-refractivity contribution in [3.63, 3.8) is 0 Å². The van der Waals surface area contributed by atoms with Crippen molar-refractivity contribution in [3.8, 4) is 0 Å². The Labute approximate surface area is 253 Å². The molecule has 0 heterocycles. The zero-order chi connectivity index (χ0) is 28.1. The minimum Gasteiger partial charge on any atom is -0.0312 e. The molecule has 7 heteroatoms. The topological polar surface area (TPSA) is 19.9 Å². The second-order valence-electron chi connectivity index (χ2n) is 7.56. The Kier molecular flexibility index (Phi) is 20.0. The first-order chi connectivity index (χ1) is 19.1. The molecule has 5 rings (SSSR count). The molecule has 0 aromatic heterocycles. The van der Waals surface area contributed by atoms with Gasteiger partial charge in [0.25, 0.3) is 0 Å². The van der Waals surface area contributed by atoms with Crippen LogP contribution in [0.1, 0.15) is 0 Å². The van der Waals surface area contributed by atoms with Crippen LogP contribution >= 0.6 is 15.8 Å². The van der Waals surface area contributed by atoms with Crippen molar-refractivity contribution >= 4 is 37.1 Å². The predicted molar refractivity (Wildman–Crippen MR) is 159 cm³/mol. The van der Waals surface area contributed by atoms with Gasteiger partial charge in [-0.15, -0.1) is 0 Å². The van der Waals surface area contributed by atoms with E-state index in [1.807, 2.05) is 32.1 Å². The van der Waals surface area contributed by atoms with E-state index in [9.17, 15) is 13.2 Å². The third-order valence-electron chi connectivity index (χ3n) is 5.06. The Morgan fingerprint density at radius 3 is 0.800 bits per heavy atom. The summed E-state index contributed by atoms with van der Waals surface area (Å²) in [5, 5.41) is 5.54. The molecule has 5 radical (unpaired) electrons. The standard InChI is InChI=1S/C26H22P2.C5H5.CF3.CO.Mo/c1-5-13-23(14-6-1)27(24-15-7-2-8-16-24)21-22-28(25-17-9-3-10-18-25)26-19-11-4-12-20-26;1-2-4-5-3-1;2-1(3)4;1-2;/h1-22H;1-5H;;;/q;;-1;;/b22-21-;;;;. The number of hydrogen-bond acceptors (Lipinski definition) is 0. The average Bonchev–Trinajstić information content (AvgIpc) is 3.59. The van der Waals surface area contributed by atoms with E-state index < -0.39 is 22.5 Å². The van der Waals surface area contributed by atoms with Crippen molar-refractivity contribution in [1.82, 2.24) is 0 Å². The molecule has 1 fully saturated rings. The zero-order valence-electron chi connectivity index (χ0n) is 21.4. The molecule has 40 heavy (non-hydrogen) atoms. The summed E-state index contributed by atoms with van der Waals surface area (Å²) in [6, 6.07) is 43.4. The summed E-state index contributed by atoms with van der Waals surface area (Å²) in [4.78, 5) is 0. The fraction of sp³-hybridized carbons (Fsp3) is 0. The van der Waals surface area contributed by atoms with Gasteiger partial charge in [-0.3, -0.25) is 0 Å². The number of halogens is 3. The van der Waals surface area contributed by atoms with Crippen molar-refractivity contribution in [1.29, 1.82) is 0 Å². The van der Waals surface area contributed by atoms with Gasteiger partial charge < -0.3 is 13.2 Å². The van der Waals surface area contributed by atoms with Gasteiger partial charge >= 0.3 is 11.3 Å². The van der Waals surface area contributed by atoms with Gasteiger partial charge in [-0.25, -0.2) is 0 Å². The molecule has 1 saturated carbocycles. The van der Waals surface area contributed by atoms with Gasteiger partial charge in [-0.05, 0) is 69.2 Å². The van der Waals surface area contributed by atoms with Gasteiger partial charge in [-0.1, -0.05) is 133 Å². The first-order valence-corrected chi connectivity index (χ1v) is 14.6. The summed E-state index contributed by atoms with van der Waals surface area (Å²) in [6.07, 6.45) is 10.0. The SMILES string of the molecule is C(=C/P(c1ccccc1)c1ccccc1)/P(c1ccccc1)c1ccccc1.F[C-](F)F.[C-]#[O+].[CH]1[CH][CH][CH][CH]1.[Mo]. The Bertz CT molecular complexity index is 1020. The van der Waals surface area contributed by atoms with Crippen LogP contribution < -0.4 is 21.2 Å². The molecular formula is C33H27F3MoOP2-. The summed E-state index contributed by atoms with van der Waals surface area (Å²) < 4.78 is 36.2. The molecular weight excluding hydrogens is 627 g/mol. The van der Waals surface area contributed by atoms with E-state index in [4.69, 9.17) is 4.65 Å². The molecule has 1 aliphatic carbocycles. The van der Waals surface area contributed by atoms with Crippen LogP contribution in [-0.2, 0) is 25.7 Å². The van der Waals surface area contributed by atoms with Gasteiger partial charge in [0.1, 0.15) is 0 Å². The number of hydrogen-bond donors (Lipinski definition) is 0. The smallest absolute Gasteiger partial charge is 0 e. The average molecular weight is 654 g/mol. The minimum atomic E-state index is -3.08. The first kappa shape index (κ1) is 35.7. The molecule has 4 aromatic rings. The van der Waals surface area contributed by atoms with Crippen LogP contribution in [0.15, 0.2) is 133 Å². The largest absolute Gasteiger partial charge is 0.0312 e. The quantitative estimate of drug-likeness (QED) is 0.0869. The van der Waals surface area contributed by atoms with E-state index in [0.717, 1.165) is 0 Å². The number of benzene rings is 4. The molecule has 1 nitrogen and oxygen atoms in total. The molecule has 4 aromatic carbocycles. The van der Waals surface area contributed by atoms with Gasteiger partial charge in [0.15, 0.2) is 6.68 Å². The Morgan fingerprint density at radius 1 is 0.450 bits per heavy atom. The summed E-state index contributed by atoms with van der Waals surface area (Å²) in [5.41, 5.74) is 0. The third-order valence-corrected chi connectivity index (χ3v) is 9.61. The molecule has 0 atom stereocenters. The summed E-state index contributed by atoms with van der Waals surface area (Å²) >= 11 is 0. The molecule has 0 saturated heterocycles. The predicted octanol–water partition coefficient (Wildman–Crippen LogP) is 8.05. The van der Waals surface area contributed by atoms with Crippen LogP contribution in [0.2, 0.25) is 0 Å². The van der Waals surface area contributed by atoms with Crippen LogP contribution in [0.5, 0.6) is 0 Å². The first-order valence-electron chi connectivity index (χ1n) is 11.8. The molecule has 0 aliphatic heterocycles. The normalized spacial score (nSPS) is 11.9. The Hall–Kier alpha value is -2.30. The summed E-state index contributed by atoms with van der Waals surface area (Å²) in [7, 11) is -1.06. The van der Waals surface area contributed by atoms with Crippen LogP contribution in [0.4, 0.5) is 13.2 Å². The summed E-state index contributed by atoms with van der Waals surface area (Å²) in [5.74, 6) is 4.90. The van der Waals surface area contributed by atoms with Gasteiger partial charge in [0, 0.05) is 21.1 Å². The maximum Gasteiger partial charge on any atom is 0 e. The zero-order valence-corrected chi connectivity index (χ0v) is 25.2. The van der Waals surface area contributed by atoms with Crippen molar-refractivity contribution in [3.05, 3.63) is 178 Å². The van der Waals surface area contributed by atoms with Crippen molar-refractivity contribution in [2.24, 2.45) is 0 Å².